The molecule has 0 spiro atoms. The fraction of sp³-hybridized carbons (Fsp3) is 0.308. The number of nitrogens with two attached hydrogens (primary N) is 1. The number of nitrogens with zero attached hydrogens (tertiary/aromatic N) is 2. The van der Waals surface area contributed by atoms with Gasteiger partial charge in [0.1, 0.15) is 5.75 Å². The molecule has 0 aliphatic carbocycles. The first-order chi connectivity index (χ1) is 8.29. The van der Waals surface area contributed by atoms with Crippen molar-refractivity contribution in [2.45, 2.75) is 19.5 Å². The molecule has 0 fully saturated rings. The van der Waals surface area contributed by atoms with Crippen molar-refractivity contribution < 1.29 is 4.74 Å². The Morgan fingerprint density at radius 1 is 1.35 bits per heavy atom. The first kappa shape index (κ1) is 11.7. The van der Waals surface area contributed by atoms with Crippen molar-refractivity contribution in [2.24, 2.45) is 5.73 Å². The van der Waals surface area contributed by atoms with Gasteiger partial charge in [-0.3, -0.25) is 4.68 Å². The minimum absolute atomic E-state index is 0.0504. The van der Waals surface area contributed by atoms with Crippen LogP contribution in [0.5, 0.6) is 5.75 Å². The van der Waals surface area contributed by atoms with E-state index in [4.69, 9.17) is 10.5 Å². The Kier molecular flexibility index (Phi) is 3.77. The third-order valence-corrected chi connectivity index (χ3v) is 2.56. The fourth-order valence-electron chi connectivity index (χ4n) is 1.69. The third kappa shape index (κ3) is 3.07. The maximum absolute atomic E-state index is 6.11. The molecular weight excluding hydrogens is 214 g/mol. The number of benzene rings is 1. The number of ether oxygens (including phenoxy) is 1. The molecule has 90 valence electrons. The summed E-state index contributed by atoms with van der Waals surface area (Å²) in [6.07, 6.45) is 3.67. The van der Waals surface area contributed by atoms with E-state index in [9.17, 15) is 0 Å². The Balaban J connectivity index is 2.01. The number of rotatable bonds is 5. The molecule has 4 heteroatoms. The van der Waals surface area contributed by atoms with Crippen molar-refractivity contribution in [1.82, 2.24) is 9.78 Å². The molecule has 2 aromatic rings. The minimum Gasteiger partial charge on any atom is -0.494 e. The molecule has 1 aromatic carbocycles. The lowest BCUT2D eigenvalue weighted by atomic mass is 10.1. The molecule has 0 radical (unpaired) electrons. The number of hydrogen-bond acceptors (Lipinski definition) is 3. The van der Waals surface area contributed by atoms with Crippen LogP contribution in [0.4, 0.5) is 0 Å². The summed E-state index contributed by atoms with van der Waals surface area (Å²) in [7, 11) is 0. The van der Waals surface area contributed by atoms with E-state index in [0.29, 0.717) is 13.2 Å². The van der Waals surface area contributed by atoms with E-state index in [2.05, 4.69) is 5.10 Å². The van der Waals surface area contributed by atoms with Crippen molar-refractivity contribution >= 4 is 0 Å². The molecule has 2 rings (SSSR count). The van der Waals surface area contributed by atoms with Crippen molar-refractivity contribution in [3.8, 4) is 5.75 Å². The van der Waals surface area contributed by atoms with Crippen LogP contribution >= 0.6 is 0 Å². The summed E-state index contributed by atoms with van der Waals surface area (Å²) in [6, 6.07) is 9.73. The summed E-state index contributed by atoms with van der Waals surface area (Å²) in [5.41, 5.74) is 7.20. The predicted molar refractivity (Wildman–Crippen MR) is 66.8 cm³/mol. The maximum Gasteiger partial charge on any atom is 0.119 e. The highest BCUT2D eigenvalue weighted by Crippen LogP contribution is 2.17. The van der Waals surface area contributed by atoms with Crippen LogP contribution < -0.4 is 10.5 Å². The molecule has 1 heterocycles. The smallest absolute Gasteiger partial charge is 0.119 e. The quantitative estimate of drug-likeness (QED) is 0.856. The summed E-state index contributed by atoms with van der Waals surface area (Å²) in [4.78, 5) is 0. The SMILES string of the molecule is CCOc1ccc(C(N)Cn2cccn2)cc1. The highest BCUT2D eigenvalue weighted by molar-refractivity contribution is 5.28. The van der Waals surface area contributed by atoms with Gasteiger partial charge in [0.2, 0.25) is 0 Å². The van der Waals surface area contributed by atoms with Gasteiger partial charge in [-0.25, -0.2) is 0 Å². The molecule has 0 aliphatic heterocycles. The molecule has 17 heavy (non-hydrogen) atoms. The highest BCUT2D eigenvalue weighted by atomic mass is 16.5. The average Bonchev–Trinajstić information content (AvgIpc) is 2.83. The van der Waals surface area contributed by atoms with Crippen molar-refractivity contribution in [2.75, 3.05) is 6.61 Å². The lowest BCUT2D eigenvalue weighted by molar-refractivity contribution is 0.340. The Morgan fingerprint density at radius 2 is 2.12 bits per heavy atom. The van der Waals surface area contributed by atoms with Crippen molar-refractivity contribution in [1.29, 1.82) is 0 Å². The van der Waals surface area contributed by atoms with Crippen LogP contribution in [0, 0.1) is 0 Å². The normalized spacial score (nSPS) is 12.4. The van der Waals surface area contributed by atoms with Crippen molar-refractivity contribution in [3.05, 3.63) is 48.3 Å². The van der Waals surface area contributed by atoms with Gasteiger partial charge in [0.25, 0.3) is 0 Å². The summed E-state index contributed by atoms with van der Waals surface area (Å²) in [5, 5.41) is 4.14. The highest BCUT2D eigenvalue weighted by Gasteiger charge is 2.06. The molecule has 0 saturated carbocycles. The zero-order valence-corrected chi connectivity index (χ0v) is 9.91. The fourth-order valence-corrected chi connectivity index (χ4v) is 1.69. The lowest BCUT2D eigenvalue weighted by Gasteiger charge is -2.12. The molecule has 1 unspecified atom stereocenters. The van der Waals surface area contributed by atoms with Crippen LogP contribution in [-0.4, -0.2) is 16.4 Å². The molecule has 4 nitrogen and oxygen atoms in total. The summed E-state index contributed by atoms with van der Waals surface area (Å²) < 4.78 is 7.22. The monoisotopic (exact) mass is 231 g/mol. The summed E-state index contributed by atoms with van der Waals surface area (Å²) in [6.45, 7) is 3.33. The van der Waals surface area contributed by atoms with E-state index in [1.54, 1.807) is 6.20 Å². The maximum atomic E-state index is 6.11. The van der Waals surface area contributed by atoms with Gasteiger partial charge in [-0.15, -0.1) is 0 Å². The lowest BCUT2D eigenvalue weighted by Crippen LogP contribution is -2.17. The van der Waals surface area contributed by atoms with Crippen molar-refractivity contribution in [3.63, 3.8) is 0 Å². The van der Waals surface area contributed by atoms with E-state index in [1.807, 2.05) is 48.1 Å². The van der Waals surface area contributed by atoms with Crippen LogP contribution in [-0.2, 0) is 6.54 Å². The zero-order valence-electron chi connectivity index (χ0n) is 9.91. The first-order valence-electron chi connectivity index (χ1n) is 5.75. The van der Waals surface area contributed by atoms with Gasteiger partial charge in [-0.05, 0) is 30.7 Å². The second-order valence-electron chi connectivity index (χ2n) is 3.84. The Bertz CT molecular complexity index is 436. The Morgan fingerprint density at radius 3 is 2.71 bits per heavy atom. The largest absolute Gasteiger partial charge is 0.494 e. The summed E-state index contributed by atoms with van der Waals surface area (Å²) in [5.74, 6) is 0.877. The van der Waals surface area contributed by atoms with Gasteiger partial charge in [0, 0.05) is 18.4 Å². The van der Waals surface area contributed by atoms with Gasteiger partial charge >= 0.3 is 0 Å². The summed E-state index contributed by atoms with van der Waals surface area (Å²) >= 11 is 0. The molecule has 0 aliphatic rings. The van der Waals surface area contributed by atoms with E-state index in [-0.39, 0.29) is 6.04 Å². The van der Waals surface area contributed by atoms with E-state index in [1.165, 1.54) is 0 Å². The molecule has 0 saturated heterocycles. The molecule has 1 aromatic heterocycles. The van der Waals surface area contributed by atoms with Gasteiger partial charge in [-0.1, -0.05) is 12.1 Å². The van der Waals surface area contributed by atoms with Gasteiger partial charge in [0.15, 0.2) is 0 Å². The van der Waals surface area contributed by atoms with Crippen LogP contribution in [0.1, 0.15) is 18.5 Å². The number of aromatic nitrogens is 2. The van der Waals surface area contributed by atoms with Crippen LogP contribution in [0.25, 0.3) is 0 Å². The molecule has 0 amide bonds. The van der Waals surface area contributed by atoms with Gasteiger partial charge in [-0.2, -0.15) is 5.10 Å². The van der Waals surface area contributed by atoms with E-state index in [0.717, 1.165) is 11.3 Å². The standard InChI is InChI=1S/C13H17N3O/c1-2-17-12-6-4-11(5-7-12)13(14)10-16-9-3-8-15-16/h3-9,13H,2,10,14H2,1H3. The first-order valence-corrected chi connectivity index (χ1v) is 5.75. The number of hydrogen-bond donors (Lipinski definition) is 1. The Hall–Kier alpha value is -1.81. The minimum atomic E-state index is -0.0504. The van der Waals surface area contributed by atoms with E-state index < -0.39 is 0 Å². The third-order valence-electron chi connectivity index (χ3n) is 2.56. The van der Waals surface area contributed by atoms with Gasteiger partial charge < -0.3 is 10.5 Å². The topological polar surface area (TPSA) is 53.1 Å². The average molecular weight is 231 g/mol. The molecule has 2 N–H and O–H groups in total. The molecule has 1 atom stereocenters. The van der Waals surface area contributed by atoms with Crippen LogP contribution in [0.15, 0.2) is 42.7 Å². The zero-order chi connectivity index (χ0) is 12.1. The van der Waals surface area contributed by atoms with Crippen LogP contribution in [0.3, 0.4) is 0 Å². The molecule has 0 bridgehead atoms. The Labute approximate surface area is 101 Å². The van der Waals surface area contributed by atoms with E-state index >= 15 is 0 Å². The molecular formula is C13H17N3O. The predicted octanol–water partition coefficient (Wildman–Crippen LogP) is 1.98. The second kappa shape index (κ2) is 5.50. The van der Waals surface area contributed by atoms with Gasteiger partial charge in [0.05, 0.1) is 13.2 Å². The van der Waals surface area contributed by atoms with Crippen LogP contribution in [0.2, 0.25) is 0 Å². The second-order valence-corrected chi connectivity index (χ2v) is 3.84.